The van der Waals surface area contributed by atoms with Crippen LogP contribution in [0.25, 0.3) is 0 Å². The molecule has 13 heavy (non-hydrogen) atoms. The minimum Gasteiger partial charge on any atom is -0.393 e. The van der Waals surface area contributed by atoms with Gasteiger partial charge in [0.05, 0.1) is 6.10 Å². The normalized spacial score (nSPS) is 24.2. The number of aliphatic hydroxyl groups excluding tert-OH is 1. The van der Waals surface area contributed by atoms with Gasteiger partial charge in [-0.1, -0.05) is 20.3 Å². The molecule has 1 heterocycles. The molecule has 0 amide bonds. The van der Waals surface area contributed by atoms with Gasteiger partial charge in [-0.3, -0.25) is 0 Å². The van der Waals surface area contributed by atoms with E-state index in [-0.39, 0.29) is 6.10 Å². The molecule has 78 valence electrons. The molecule has 2 nitrogen and oxygen atoms in total. The topological polar surface area (TPSA) is 29.5 Å². The van der Waals surface area contributed by atoms with E-state index < -0.39 is 0 Å². The predicted octanol–water partition coefficient (Wildman–Crippen LogP) is 2.21. The maximum Gasteiger partial charge on any atom is 0.0595 e. The third kappa shape index (κ3) is 3.28. The Bertz CT molecular complexity index is 130. The van der Waals surface area contributed by atoms with Crippen LogP contribution < -0.4 is 0 Å². The quantitative estimate of drug-likeness (QED) is 0.729. The van der Waals surface area contributed by atoms with Crippen LogP contribution in [0.2, 0.25) is 0 Å². The summed E-state index contributed by atoms with van der Waals surface area (Å²) in [5.41, 5.74) is 0. The van der Waals surface area contributed by atoms with Crippen LogP contribution in [-0.2, 0) is 4.74 Å². The molecule has 0 spiro atoms. The fraction of sp³-hybridized carbons (Fsp3) is 1.00. The summed E-state index contributed by atoms with van der Waals surface area (Å²) in [6.07, 6.45) is 4.27. The molecule has 1 rings (SSSR count). The van der Waals surface area contributed by atoms with Crippen LogP contribution in [0.5, 0.6) is 0 Å². The Kier molecular flexibility index (Phi) is 4.74. The zero-order valence-electron chi connectivity index (χ0n) is 8.83. The monoisotopic (exact) mass is 186 g/mol. The van der Waals surface area contributed by atoms with Crippen LogP contribution in [0.3, 0.4) is 0 Å². The lowest BCUT2D eigenvalue weighted by Crippen LogP contribution is -2.32. The molecule has 0 aliphatic carbocycles. The van der Waals surface area contributed by atoms with Gasteiger partial charge in [0.25, 0.3) is 0 Å². The Hall–Kier alpha value is -0.0800. The van der Waals surface area contributed by atoms with E-state index in [0.717, 1.165) is 32.5 Å². The summed E-state index contributed by atoms with van der Waals surface area (Å²) in [5, 5.41) is 10.0. The molecule has 0 aromatic heterocycles. The van der Waals surface area contributed by atoms with Crippen molar-refractivity contribution in [2.24, 2.45) is 11.8 Å². The lowest BCUT2D eigenvalue weighted by molar-refractivity contribution is -0.0155. The van der Waals surface area contributed by atoms with Crippen molar-refractivity contribution in [3.05, 3.63) is 0 Å². The van der Waals surface area contributed by atoms with Crippen molar-refractivity contribution in [1.29, 1.82) is 0 Å². The van der Waals surface area contributed by atoms with E-state index in [1.54, 1.807) is 0 Å². The average molecular weight is 186 g/mol. The van der Waals surface area contributed by atoms with Crippen molar-refractivity contribution in [3.63, 3.8) is 0 Å². The summed E-state index contributed by atoms with van der Waals surface area (Å²) in [4.78, 5) is 0. The molecule has 2 heteroatoms. The van der Waals surface area contributed by atoms with Gasteiger partial charge in [0.2, 0.25) is 0 Å². The van der Waals surface area contributed by atoms with Crippen LogP contribution in [0, 0.1) is 11.8 Å². The number of hydrogen-bond donors (Lipinski definition) is 1. The van der Waals surface area contributed by atoms with Gasteiger partial charge in [0.1, 0.15) is 0 Å². The van der Waals surface area contributed by atoms with Crippen LogP contribution in [-0.4, -0.2) is 24.4 Å². The third-order valence-electron chi connectivity index (χ3n) is 3.08. The highest BCUT2D eigenvalue weighted by molar-refractivity contribution is 4.75. The minimum atomic E-state index is -0.108. The van der Waals surface area contributed by atoms with E-state index in [4.69, 9.17) is 4.74 Å². The highest BCUT2D eigenvalue weighted by Crippen LogP contribution is 2.25. The fourth-order valence-electron chi connectivity index (χ4n) is 2.15. The first-order valence-corrected chi connectivity index (χ1v) is 5.51. The second-order valence-corrected chi connectivity index (χ2v) is 4.21. The Morgan fingerprint density at radius 1 is 1.38 bits per heavy atom. The van der Waals surface area contributed by atoms with Crippen molar-refractivity contribution in [3.8, 4) is 0 Å². The van der Waals surface area contributed by atoms with Crippen LogP contribution in [0.4, 0.5) is 0 Å². The average Bonchev–Trinajstić information content (AvgIpc) is 2.18. The summed E-state index contributed by atoms with van der Waals surface area (Å²) in [6.45, 7) is 6.00. The van der Waals surface area contributed by atoms with Crippen molar-refractivity contribution >= 4 is 0 Å². The Labute approximate surface area is 81.3 Å². The molecule has 2 atom stereocenters. The summed E-state index contributed by atoms with van der Waals surface area (Å²) in [5.74, 6) is 0.934. The third-order valence-corrected chi connectivity index (χ3v) is 3.08. The van der Waals surface area contributed by atoms with Gasteiger partial charge in [-0.05, 0) is 31.1 Å². The van der Waals surface area contributed by atoms with E-state index in [1.807, 2.05) is 0 Å². The summed E-state index contributed by atoms with van der Waals surface area (Å²) in [6, 6.07) is 0. The molecular weight excluding hydrogens is 164 g/mol. The lowest BCUT2D eigenvalue weighted by Gasteiger charge is -2.30. The van der Waals surface area contributed by atoms with E-state index in [2.05, 4.69) is 13.8 Å². The Morgan fingerprint density at radius 2 is 2.00 bits per heavy atom. The Balaban J connectivity index is 2.31. The molecular formula is C11H22O2. The fourth-order valence-corrected chi connectivity index (χ4v) is 2.15. The van der Waals surface area contributed by atoms with Gasteiger partial charge in [-0.15, -0.1) is 0 Å². The van der Waals surface area contributed by atoms with Gasteiger partial charge in [-0.2, -0.15) is 0 Å². The molecule has 0 radical (unpaired) electrons. The van der Waals surface area contributed by atoms with E-state index in [9.17, 15) is 5.11 Å². The standard InChI is InChI=1S/C11H22O2/c1-3-4-9(2)11(12)10-5-7-13-8-6-10/h9-12H,3-8H2,1-2H3. The van der Waals surface area contributed by atoms with E-state index >= 15 is 0 Å². The van der Waals surface area contributed by atoms with Crippen molar-refractivity contribution in [1.82, 2.24) is 0 Å². The van der Waals surface area contributed by atoms with Crippen LogP contribution >= 0.6 is 0 Å². The highest BCUT2D eigenvalue weighted by Gasteiger charge is 2.25. The largest absolute Gasteiger partial charge is 0.393 e. The summed E-state index contributed by atoms with van der Waals surface area (Å²) in [7, 11) is 0. The SMILES string of the molecule is CCCC(C)C(O)C1CCOCC1. The molecule has 2 unspecified atom stereocenters. The Morgan fingerprint density at radius 3 is 2.54 bits per heavy atom. The first-order chi connectivity index (χ1) is 6.25. The molecule has 1 saturated heterocycles. The van der Waals surface area contributed by atoms with Gasteiger partial charge < -0.3 is 9.84 Å². The zero-order chi connectivity index (χ0) is 9.68. The summed E-state index contributed by atoms with van der Waals surface area (Å²) >= 11 is 0. The molecule has 1 aliphatic rings. The lowest BCUT2D eigenvalue weighted by atomic mass is 9.85. The van der Waals surface area contributed by atoms with Gasteiger partial charge in [0.15, 0.2) is 0 Å². The van der Waals surface area contributed by atoms with E-state index in [1.165, 1.54) is 6.42 Å². The second-order valence-electron chi connectivity index (χ2n) is 4.21. The van der Waals surface area contributed by atoms with Crippen molar-refractivity contribution in [2.45, 2.75) is 45.6 Å². The highest BCUT2D eigenvalue weighted by atomic mass is 16.5. The maximum absolute atomic E-state index is 10.0. The number of rotatable bonds is 4. The first kappa shape index (κ1) is 11.0. The molecule has 1 aliphatic heterocycles. The number of hydrogen-bond acceptors (Lipinski definition) is 2. The smallest absolute Gasteiger partial charge is 0.0595 e. The number of ether oxygens (including phenoxy) is 1. The van der Waals surface area contributed by atoms with Crippen molar-refractivity contribution < 1.29 is 9.84 Å². The van der Waals surface area contributed by atoms with Crippen LogP contribution in [0.15, 0.2) is 0 Å². The van der Waals surface area contributed by atoms with Gasteiger partial charge in [0, 0.05) is 13.2 Å². The maximum atomic E-state index is 10.0. The minimum absolute atomic E-state index is 0.108. The molecule has 1 fully saturated rings. The molecule has 0 saturated carbocycles. The number of aliphatic hydroxyl groups is 1. The van der Waals surface area contributed by atoms with E-state index in [0.29, 0.717) is 11.8 Å². The molecule has 0 bridgehead atoms. The van der Waals surface area contributed by atoms with Gasteiger partial charge >= 0.3 is 0 Å². The molecule has 0 aromatic rings. The predicted molar refractivity (Wildman–Crippen MR) is 53.6 cm³/mol. The van der Waals surface area contributed by atoms with Gasteiger partial charge in [-0.25, -0.2) is 0 Å². The summed E-state index contributed by atoms with van der Waals surface area (Å²) < 4.78 is 5.28. The van der Waals surface area contributed by atoms with Crippen LogP contribution in [0.1, 0.15) is 39.5 Å². The van der Waals surface area contributed by atoms with Crippen molar-refractivity contribution in [2.75, 3.05) is 13.2 Å². The molecule has 0 aromatic carbocycles. The second kappa shape index (κ2) is 5.61. The first-order valence-electron chi connectivity index (χ1n) is 5.51. The zero-order valence-corrected chi connectivity index (χ0v) is 8.83. The molecule has 1 N–H and O–H groups in total.